The zero-order chi connectivity index (χ0) is 14.8. The minimum absolute atomic E-state index is 0. The van der Waals surface area contributed by atoms with Gasteiger partial charge in [-0.2, -0.15) is 0 Å². The maximum Gasteiger partial charge on any atom is 1.00 e. The van der Waals surface area contributed by atoms with Crippen molar-refractivity contribution in [2.45, 2.75) is 32.9 Å². The Labute approximate surface area is 176 Å². The molecule has 0 aliphatic rings. The minimum atomic E-state index is -4.81. The molecule has 0 aliphatic carbocycles. The average Bonchev–Trinajstić information content (AvgIpc) is 2.19. The fraction of sp³-hybridized carbons (Fsp3) is 0.385. The molecular weight excluding hydrogens is 418 g/mol. The van der Waals surface area contributed by atoms with Gasteiger partial charge in [-0.3, -0.25) is 0 Å². The summed E-state index contributed by atoms with van der Waals surface area (Å²) in [6, 6.07) is 3.44. The van der Waals surface area contributed by atoms with Crippen molar-refractivity contribution < 1.29 is 64.3 Å². The normalized spacial score (nSPS) is 11.4. The summed E-state index contributed by atoms with van der Waals surface area (Å²) < 4.78 is 38.6. The van der Waals surface area contributed by atoms with E-state index >= 15 is 0 Å². The Bertz CT molecular complexity index is 542. The molecule has 20 heavy (non-hydrogen) atoms. The third-order valence-electron chi connectivity index (χ3n) is 2.49. The standard InChI is InChI=1S/C13H16BF3ISi.K/c1-10-12(9-14(15,16)17)7-11(8-13(10)18)5-6-19(2,3)4;/h7-8H,9H2,1-4H3;/q-1;+1. The largest absolute Gasteiger partial charge is 1.00 e. The van der Waals surface area contributed by atoms with E-state index in [1.165, 1.54) is 0 Å². The van der Waals surface area contributed by atoms with Crippen LogP contribution in [0.15, 0.2) is 12.1 Å². The Morgan fingerprint density at radius 3 is 2.20 bits per heavy atom. The van der Waals surface area contributed by atoms with Crippen LogP contribution in [0.25, 0.3) is 0 Å². The van der Waals surface area contributed by atoms with Gasteiger partial charge in [0, 0.05) is 9.13 Å². The van der Waals surface area contributed by atoms with E-state index in [1.807, 2.05) is 6.07 Å². The molecule has 0 heterocycles. The number of hydrogen-bond donors (Lipinski definition) is 0. The summed E-state index contributed by atoms with van der Waals surface area (Å²) >= 11 is 2.07. The van der Waals surface area contributed by atoms with Crippen LogP contribution in [0.3, 0.4) is 0 Å². The molecule has 1 aromatic rings. The Hall–Kier alpha value is 1.22. The van der Waals surface area contributed by atoms with Gasteiger partial charge in [0.05, 0.1) is 0 Å². The molecule has 0 aromatic heterocycles. The average molecular weight is 434 g/mol. The van der Waals surface area contributed by atoms with E-state index in [0.717, 1.165) is 3.57 Å². The summed E-state index contributed by atoms with van der Waals surface area (Å²) in [5.74, 6) is 3.03. The Balaban J connectivity index is 0.00000361. The maximum absolute atomic E-state index is 12.6. The third-order valence-corrected chi connectivity index (χ3v) is 4.48. The number of rotatable bonds is 2. The van der Waals surface area contributed by atoms with Gasteiger partial charge in [0.2, 0.25) is 0 Å². The number of hydrogen-bond acceptors (Lipinski definition) is 0. The van der Waals surface area contributed by atoms with Crippen LogP contribution in [0.1, 0.15) is 16.7 Å². The van der Waals surface area contributed by atoms with E-state index < -0.39 is 21.4 Å². The molecular formula is C13H16BF3IKSi. The van der Waals surface area contributed by atoms with Crippen LogP contribution in [-0.2, 0) is 6.32 Å². The molecule has 0 spiro atoms. The Kier molecular flexibility index (Phi) is 8.68. The molecule has 0 bridgehead atoms. The molecule has 1 aromatic carbocycles. The van der Waals surface area contributed by atoms with Gasteiger partial charge >= 0.3 is 58.4 Å². The summed E-state index contributed by atoms with van der Waals surface area (Å²) in [5, 5.41) is 0. The molecule has 0 saturated carbocycles. The van der Waals surface area contributed by atoms with E-state index in [2.05, 4.69) is 53.7 Å². The molecule has 0 atom stereocenters. The van der Waals surface area contributed by atoms with Crippen LogP contribution in [0, 0.1) is 22.0 Å². The SMILES string of the molecule is Cc1c(I)cc(C#C[Si](C)(C)C)cc1C[B-](F)(F)F.[K+]. The predicted molar refractivity (Wildman–Crippen MR) is 86.9 cm³/mol. The smallest absolute Gasteiger partial charge is 0.449 e. The topological polar surface area (TPSA) is 0 Å². The van der Waals surface area contributed by atoms with Gasteiger partial charge < -0.3 is 12.9 Å². The molecule has 0 saturated heterocycles. The molecule has 7 heteroatoms. The van der Waals surface area contributed by atoms with Crippen LogP contribution in [0.2, 0.25) is 19.6 Å². The fourth-order valence-electron chi connectivity index (χ4n) is 1.53. The molecule has 0 radical (unpaired) electrons. The number of benzene rings is 1. The quantitative estimate of drug-likeness (QED) is 0.378. The van der Waals surface area contributed by atoms with Gasteiger partial charge in [-0.05, 0) is 47.2 Å². The summed E-state index contributed by atoms with van der Waals surface area (Å²) in [6.07, 6.45) is -0.829. The van der Waals surface area contributed by atoms with E-state index in [1.54, 1.807) is 13.0 Å². The summed E-state index contributed by atoms with van der Waals surface area (Å²) in [7, 11) is -1.52. The van der Waals surface area contributed by atoms with Crippen molar-refractivity contribution in [2.24, 2.45) is 0 Å². The maximum atomic E-state index is 12.6. The van der Waals surface area contributed by atoms with Crippen molar-refractivity contribution in [3.8, 4) is 11.5 Å². The van der Waals surface area contributed by atoms with Gasteiger partial charge in [0.15, 0.2) is 0 Å². The third kappa shape index (κ3) is 8.01. The van der Waals surface area contributed by atoms with Crippen molar-refractivity contribution in [3.05, 3.63) is 32.4 Å². The molecule has 0 fully saturated rings. The summed E-state index contributed by atoms with van der Waals surface area (Å²) in [6.45, 7) is 3.25. The number of halogens is 4. The van der Waals surface area contributed by atoms with Crippen molar-refractivity contribution in [1.29, 1.82) is 0 Å². The van der Waals surface area contributed by atoms with Gasteiger partial charge in [-0.15, -0.1) is 5.54 Å². The molecule has 104 valence electrons. The minimum Gasteiger partial charge on any atom is -0.449 e. The molecule has 0 aliphatic heterocycles. The zero-order valence-electron chi connectivity index (χ0n) is 12.5. The van der Waals surface area contributed by atoms with Crippen molar-refractivity contribution in [3.63, 3.8) is 0 Å². The van der Waals surface area contributed by atoms with Crippen LogP contribution in [0.5, 0.6) is 0 Å². The van der Waals surface area contributed by atoms with Gasteiger partial charge in [-0.25, -0.2) is 0 Å². The van der Waals surface area contributed by atoms with Gasteiger partial charge in [0.1, 0.15) is 8.07 Å². The zero-order valence-corrected chi connectivity index (χ0v) is 18.7. The van der Waals surface area contributed by atoms with Gasteiger partial charge in [0.25, 0.3) is 0 Å². The second kappa shape index (κ2) is 8.18. The van der Waals surface area contributed by atoms with Gasteiger partial charge in [-0.1, -0.05) is 37.4 Å². The fourth-order valence-corrected chi connectivity index (χ4v) is 2.73. The molecule has 0 N–H and O–H groups in total. The second-order valence-electron chi connectivity index (χ2n) is 5.66. The van der Waals surface area contributed by atoms with E-state index in [9.17, 15) is 12.9 Å². The molecule has 0 unspecified atom stereocenters. The van der Waals surface area contributed by atoms with Crippen LogP contribution in [0.4, 0.5) is 12.9 Å². The van der Waals surface area contributed by atoms with Crippen LogP contribution >= 0.6 is 22.6 Å². The summed E-state index contributed by atoms with van der Waals surface area (Å²) in [5.41, 5.74) is 4.93. The summed E-state index contributed by atoms with van der Waals surface area (Å²) in [4.78, 5) is 0. The Morgan fingerprint density at radius 1 is 1.20 bits per heavy atom. The molecule has 0 nitrogen and oxygen atoms in total. The Morgan fingerprint density at radius 2 is 1.75 bits per heavy atom. The van der Waals surface area contributed by atoms with Crippen molar-refractivity contribution in [2.75, 3.05) is 0 Å². The van der Waals surface area contributed by atoms with Crippen LogP contribution < -0.4 is 51.4 Å². The first-order chi connectivity index (χ1) is 8.48. The first kappa shape index (κ1) is 21.2. The van der Waals surface area contributed by atoms with E-state index in [0.29, 0.717) is 16.7 Å². The first-order valence-corrected chi connectivity index (χ1v) is 10.6. The first-order valence-electron chi connectivity index (χ1n) is 6.01. The van der Waals surface area contributed by atoms with Crippen LogP contribution in [-0.4, -0.2) is 15.1 Å². The molecule has 0 amide bonds. The second-order valence-corrected chi connectivity index (χ2v) is 11.6. The monoisotopic (exact) mass is 434 g/mol. The van der Waals surface area contributed by atoms with Crippen molar-refractivity contribution in [1.82, 2.24) is 0 Å². The van der Waals surface area contributed by atoms with E-state index in [-0.39, 0.29) is 51.4 Å². The van der Waals surface area contributed by atoms with Crippen molar-refractivity contribution >= 4 is 37.6 Å². The predicted octanol–water partition coefficient (Wildman–Crippen LogP) is 1.76. The van der Waals surface area contributed by atoms with E-state index in [4.69, 9.17) is 0 Å². The molecule has 1 rings (SSSR count).